The minimum absolute atomic E-state index is 0.509. The minimum Gasteiger partial charge on any atom is -0.297 e. The van der Waals surface area contributed by atoms with Gasteiger partial charge in [-0.05, 0) is 25.3 Å². The van der Waals surface area contributed by atoms with E-state index in [2.05, 4.69) is 30.8 Å². The summed E-state index contributed by atoms with van der Waals surface area (Å²) in [5.41, 5.74) is 1.22. The minimum atomic E-state index is 0.509. The number of aromatic nitrogens is 4. The molecule has 2 aromatic rings. The summed E-state index contributed by atoms with van der Waals surface area (Å²) < 4.78 is 2.08. The standard InChI is InChI=1S/C16H21N5/c1-3-14(4-1)16-17-9-13(10-18-16)11-20-8-5-15(12-20)21-7-2-6-19-21/h2,6-7,9-10,14-15H,1,3-5,8,11-12H2. The summed E-state index contributed by atoms with van der Waals surface area (Å²) in [4.78, 5) is 11.6. The molecule has 21 heavy (non-hydrogen) atoms. The van der Waals surface area contributed by atoms with E-state index >= 15 is 0 Å². The van der Waals surface area contributed by atoms with Gasteiger partial charge in [0.15, 0.2) is 0 Å². The largest absolute Gasteiger partial charge is 0.297 e. The van der Waals surface area contributed by atoms with E-state index in [-0.39, 0.29) is 0 Å². The highest BCUT2D eigenvalue weighted by Gasteiger charge is 2.25. The monoisotopic (exact) mass is 283 g/mol. The summed E-state index contributed by atoms with van der Waals surface area (Å²) in [5.74, 6) is 1.66. The van der Waals surface area contributed by atoms with Gasteiger partial charge in [-0.1, -0.05) is 6.42 Å². The number of likely N-dealkylation sites (tertiary alicyclic amines) is 1. The molecule has 0 radical (unpaired) electrons. The van der Waals surface area contributed by atoms with Gasteiger partial charge >= 0.3 is 0 Å². The van der Waals surface area contributed by atoms with E-state index in [9.17, 15) is 0 Å². The van der Waals surface area contributed by atoms with Gasteiger partial charge in [0.05, 0.1) is 6.04 Å². The predicted molar refractivity (Wildman–Crippen MR) is 79.8 cm³/mol. The third kappa shape index (κ3) is 2.70. The first-order chi connectivity index (χ1) is 10.4. The molecular weight excluding hydrogens is 262 g/mol. The Bertz CT molecular complexity index is 573. The van der Waals surface area contributed by atoms with Gasteiger partial charge in [0.25, 0.3) is 0 Å². The first kappa shape index (κ1) is 13.0. The van der Waals surface area contributed by atoms with Crippen molar-refractivity contribution in [2.75, 3.05) is 13.1 Å². The Labute approximate surface area is 125 Å². The van der Waals surface area contributed by atoms with E-state index < -0.39 is 0 Å². The molecule has 2 aromatic heterocycles. The van der Waals surface area contributed by atoms with Crippen LogP contribution in [0.25, 0.3) is 0 Å². The lowest BCUT2D eigenvalue weighted by molar-refractivity contribution is 0.310. The summed E-state index contributed by atoms with van der Waals surface area (Å²) in [7, 11) is 0. The van der Waals surface area contributed by atoms with Crippen molar-refractivity contribution in [1.29, 1.82) is 0 Å². The fourth-order valence-electron chi connectivity index (χ4n) is 3.25. The van der Waals surface area contributed by atoms with Crippen molar-refractivity contribution in [1.82, 2.24) is 24.6 Å². The Hall–Kier alpha value is -1.75. The van der Waals surface area contributed by atoms with Crippen LogP contribution < -0.4 is 0 Å². The summed E-state index contributed by atoms with van der Waals surface area (Å²) in [6, 6.07) is 2.51. The molecule has 5 nitrogen and oxygen atoms in total. The van der Waals surface area contributed by atoms with Crippen molar-refractivity contribution in [2.24, 2.45) is 0 Å². The second-order valence-electron chi connectivity index (χ2n) is 6.24. The molecule has 1 saturated heterocycles. The third-order valence-corrected chi connectivity index (χ3v) is 4.75. The van der Waals surface area contributed by atoms with E-state index in [4.69, 9.17) is 0 Å². The molecule has 0 spiro atoms. The van der Waals surface area contributed by atoms with E-state index in [1.807, 2.05) is 24.7 Å². The van der Waals surface area contributed by atoms with Crippen molar-refractivity contribution in [3.8, 4) is 0 Å². The van der Waals surface area contributed by atoms with E-state index in [1.54, 1.807) is 0 Å². The maximum absolute atomic E-state index is 4.56. The Morgan fingerprint density at radius 2 is 2.00 bits per heavy atom. The summed E-state index contributed by atoms with van der Waals surface area (Å²) in [6.45, 7) is 3.13. The maximum atomic E-state index is 4.56. The molecule has 5 heteroatoms. The number of nitrogens with zero attached hydrogens (tertiary/aromatic N) is 5. The highest BCUT2D eigenvalue weighted by atomic mass is 15.3. The molecule has 1 saturated carbocycles. The van der Waals surface area contributed by atoms with Gasteiger partial charge in [0, 0.05) is 55.9 Å². The number of hydrogen-bond acceptors (Lipinski definition) is 4. The lowest BCUT2D eigenvalue weighted by Gasteiger charge is -2.23. The zero-order valence-electron chi connectivity index (χ0n) is 12.2. The molecule has 2 aliphatic rings. The molecule has 0 amide bonds. The second kappa shape index (κ2) is 5.56. The Morgan fingerprint density at radius 1 is 1.14 bits per heavy atom. The fraction of sp³-hybridized carbons (Fsp3) is 0.562. The molecule has 0 N–H and O–H groups in total. The average Bonchev–Trinajstić information content (AvgIpc) is 3.09. The molecule has 0 bridgehead atoms. The van der Waals surface area contributed by atoms with Crippen LogP contribution in [0.4, 0.5) is 0 Å². The van der Waals surface area contributed by atoms with Crippen molar-refractivity contribution in [3.63, 3.8) is 0 Å². The van der Waals surface area contributed by atoms with Crippen LogP contribution in [-0.4, -0.2) is 37.7 Å². The zero-order valence-corrected chi connectivity index (χ0v) is 12.2. The van der Waals surface area contributed by atoms with Gasteiger partial charge in [0.2, 0.25) is 0 Å². The first-order valence-corrected chi connectivity index (χ1v) is 7.91. The van der Waals surface area contributed by atoms with Crippen LogP contribution in [0, 0.1) is 0 Å². The predicted octanol–water partition coefficient (Wildman–Crippen LogP) is 2.39. The van der Waals surface area contributed by atoms with Crippen LogP contribution in [-0.2, 0) is 6.54 Å². The Balaban J connectivity index is 1.36. The molecule has 4 rings (SSSR count). The molecular formula is C16H21N5. The third-order valence-electron chi connectivity index (χ3n) is 4.75. The Morgan fingerprint density at radius 3 is 2.67 bits per heavy atom. The second-order valence-corrected chi connectivity index (χ2v) is 6.24. The van der Waals surface area contributed by atoms with Crippen LogP contribution in [0.15, 0.2) is 30.9 Å². The smallest absolute Gasteiger partial charge is 0.131 e. The van der Waals surface area contributed by atoms with Crippen LogP contribution in [0.1, 0.15) is 49.0 Å². The van der Waals surface area contributed by atoms with Crippen molar-refractivity contribution >= 4 is 0 Å². The van der Waals surface area contributed by atoms with Crippen LogP contribution in [0.3, 0.4) is 0 Å². The van der Waals surface area contributed by atoms with Crippen molar-refractivity contribution in [2.45, 2.75) is 44.2 Å². The quantitative estimate of drug-likeness (QED) is 0.864. The fourth-order valence-corrected chi connectivity index (χ4v) is 3.25. The van der Waals surface area contributed by atoms with Gasteiger partial charge < -0.3 is 0 Å². The zero-order chi connectivity index (χ0) is 14.1. The molecule has 3 heterocycles. The summed E-state index contributed by atoms with van der Waals surface area (Å²) in [6.07, 6.45) is 13.0. The SMILES string of the molecule is c1cnn(C2CCN(Cc3cnc(C4CCC4)nc3)C2)c1. The van der Waals surface area contributed by atoms with Crippen molar-refractivity contribution < 1.29 is 0 Å². The van der Waals surface area contributed by atoms with Gasteiger partial charge in [0.1, 0.15) is 5.82 Å². The summed E-state index contributed by atoms with van der Waals surface area (Å²) in [5, 5.41) is 4.35. The highest BCUT2D eigenvalue weighted by molar-refractivity contribution is 5.09. The first-order valence-electron chi connectivity index (χ1n) is 7.91. The van der Waals surface area contributed by atoms with Crippen LogP contribution in [0.2, 0.25) is 0 Å². The lowest BCUT2D eigenvalue weighted by atomic mass is 9.85. The van der Waals surface area contributed by atoms with Gasteiger partial charge in [-0.2, -0.15) is 5.10 Å². The molecule has 2 fully saturated rings. The van der Waals surface area contributed by atoms with Gasteiger partial charge in [-0.25, -0.2) is 9.97 Å². The van der Waals surface area contributed by atoms with Crippen LogP contribution in [0.5, 0.6) is 0 Å². The maximum Gasteiger partial charge on any atom is 0.131 e. The average molecular weight is 283 g/mol. The highest BCUT2D eigenvalue weighted by Crippen LogP contribution is 2.34. The van der Waals surface area contributed by atoms with Crippen molar-refractivity contribution in [3.05, 3.63) is 42.2 Å². The molecule has 110 valence electrons. The molecule has 1 aliphatic heterocycles. The van der Waals surface area contributed by atoms with Gasteiger partial charge in [-0.3, -0.25) is 9.58 Å². The number of hydrogen-bond donors (Lipinski definition) is 0. The van der Waals surface area contributed by atoms with E-state index in [1.165, 1.54) is 31.2 Å². The molecule has 1 unspecified atom stereocenters. The van der Waals surface area contributed by atoms with E-state index in [0.717, 1.165) is 25.5 Å². The Kier molecular flexibility index (Phi) is 3.43. The lowest BCUT2D eigenvalue weighted by Crippen LogP contribution is -2.22. The van der Waals surface area contributed by atoms with Gasteiger partial charge in [-0.15, -0.1) is 0 Å². The molecule has 1 aliphatic carbocycles. The molecule has 1 atom stereocenters. The number of rotatable bonds is 4. The van der Waals surface area contributed by atoms with E-state index in [0.29, 0.717) is 12.0 Å². The normalized spacial score (nSPS) is 23.3. The molecule has 0 aromatic carbocycles. The summed E-state index contributed by atoms with van der Waals surface area (Å²) >= 11 is 0. The topological polar surface area (TPSA) is 46.8 Å². The van der Waals surface area contributed by atoms with Crippen LogP contribution >= 0.6 is 0 Å².